The van der Waals surface area contributed by atoms with Crippen LogP contribution < -0.4 is 4.74 Å². The van der Waals surface area contributed by atoms with Crippen LogP contribution in [-0.4, -0.2) is 19.1 Å². The highest BCUT2D eigenvalue weighted by atomic mass is 32.1. The number of rotatable bonds is 1. The molecule has 1 aliphatic rings. The molecule has 0 radical (unpaired) electrons. The lowest BCUT2D eigenvalue weighted by Gasteiger charge is -2.05. The van der Waals surface area contributed by atoms with Crippen molar-refractivity contribution in [1.82, 2.24) is 0 Å². The quantitative estimate of drug-likeness (QED) is 0.742. The predicted octanol–water partition coefficient (Wildman–Crippen LogP) is 2.93. The summed E-state index contributed by atoms with van der Waals surface area (Å²) in [6, 6.07) is 5.67. The smallest absolute Gasteiger partial charge is 0.163 e. The highest BCUT2D eigenvalue weighted by Gasteiger charge is 2.25. The molecule has 0 aromatic heterocycles. The van der Waals surface area contributed by atoms with Crippen LogP contribution in [-0.2, 0) is 0 Å². The maximum atomic E-state index is 11.4. The van der Waals surface area contributed by atoms with Gasteiger partial charge in [0.25, 0.3) is 0 Å². The fourth-order valence-electron chi connectivity index (χ4n) is 1.83. The van der Waals surface area contributed by atoms with Gasteiger partial charge in [-0.25, -0.2) is 0 Å². The van der Waals surface area contributed by atoms with E-state index in [1.54, 1.807) is 13.4 Å². The molecular formula is C12H16O2S. The lowest BCUT2D eigenvalue weighted by Crippen LogP contribution is -1.91. The van der Waals surface area contributed by atoms with Gasteiger partial charge in [-0.3, -0.25) is 4.79 Å². The van der Waals surface area contributed by atoms with Crippen LogP contribution in [0.15, 0.2) is 18.2 Å². The van der Waals surface area contributed by atoms with E-state index in [-0.39, 0.29) is 5.78 Å². The molecule has 1 aliphatic carbocycles. The Balaban J connectivity index is 0.000000531. The van der Waals surface area contributed by atoms with Gasteiger partial charge in [-0.1, -0.05) is 6.92 Å². The summed E-state index contributed by atoms with van der Waals surface area (Å²) in [7, 11) is 1.64. The normalized spacial score (nSPS) is 17.9. The molecule has 0 spiro atoms. The zero-order valence-corrected chi connectivity index (χ0v) is 10.2. The summed E-state index contributed by atoms with van der Waals surface area (Å²) in [5.41, 5.74) is 2.00. The van der Waals surface area contributed by atoms with E-state index in [2.05, 4.69) is 19.6 Å². The fourth-order valence-corrected chi connectivity index (χ4v) is 1.83. The largest absolute Gasteiger partial charge is 0.497 e. The summed E-state index contributed by atoms with van der Waals surface area (Å²) < 4.78 is 5.11. The molecule has 0 heterocycles. The average molecular weight is 224 g/mol. The van der Waals surface area contributed by atoms with Crippen molar-refractivity contribution in [2.75, 3.05) is 13.4 Å². The Morgan fingerprint density at radius 1 is 1.40 bits per heavy atom. The first-order valence-electron chi connectivity index (χ1n) is 4.88. The van der Waals surface area contributed by atoms with Crippen molar-refractivity contribution in [3.63, 3.8) is 0 Å². The minimum absolute atomic E-state index is 0.255. The Morgan fingerprint density at radius 2 is 2.07 bits per heavy atom. The summed E-state index contributed by atoms with van der Waals surface area (Å²) in [4.78, 5) is 11.4. The third-order valence-electron chi connectivity index (χ3n) is 2.58. The predicted molar refractivity (Wildman–Crippen MR) is 65.3 cm³/mol. The van der Waals surface area contributed by atoms with E-state index >= 15 is 0 Å². The van der Waals surface area contributed by atoms with Gasteiger partial charge in [0, 0.05) is 12.0 Å². The summed E-state index contributed by atoms with van der Waals surface area (Å²) in [6.45, 7) is 2.07. The molecular weight excluding hydrogens is 208 g/mol. The lowest BCUT2D eigenvalue weighted by atomic mass is 10.0. The summed E-state index contributed by atoms with van der Waals surface area (Å²) in [5, 5.41) is 0. The average Bonchev–Trinajstić information content (AvgIpc) is 2.57. The molecule has 82 valence electrons. The van der Waals surface area contributed by atoms with Crippen LogP contribution in [0.4, 0.5) is 0 Å². The zero-order valence-electron chi connectivity index (χ0n) is 9.28. The van der Waals surface area contributed by atoms with Crippen LogP contribution in [0, 0.1) is 0 Å². The molecule has 2 nitrogen and oxygen atoms in total. The number of thiol groups is 1. The van der Waals surface area contributed by atoms with Crippen molar-refractivity contribution in [2.45, 2.75) is 19.3 Å². The van der Waals surface area contributed by atoms with Gasteiger partial charge in [-0.05, 0) is 35.9 Å². The van der Waals surface area contributed by atoms with E-state index in [1.807, 2.05) is 18.2 Å². The minimum Gasteiger partial charge on any atom is -0.497 e. The van der Waals surface area contributed by atoms with Crippen LogP contribution in [0.5, 0.6) is 5.75 Å². The van der Waals surface area contributed by atoms with Crippen molar-refractivity contribution in [3.05, 3.63) is 29.3 Å². The van der Waals surface area contributed by atoms with E-state index in [0.717, 1.165) is 16.9 Å². The summed E-state index contributed by atoms with van der Waals surface area (Å²) >= 11 is 3.53. The first-order chi connectivity index (χ1) is 7.22. The number of ether oxygens (including phenoxy) is 1. The van der Waals surface area contributed by atoms with E-state index in [1.165, 1.54) is 0 Å². The number of carbonyl (C=O) groups excluding carboxylic acids is 1. The van der Waals surface area contributed by atoms with Gasteiger partial charge in [-0.2, -0.15) is 12.6 Å². The Kier molecular flexibility index (Phi) is 4.21. The van der Waals surface area contributed by atoms with Gasteiger partial charge in [0.05, 0.1) is 7.11 Å². The van der Waals surface area contributed by atoms with Gasteiger partial charge in [-0.15, -0.1) is 0 Å². The molecule has 2 rings (SSSR count). The molecule has 0 N–H and O–H groups in total. The lowest BCUT2D eigenvalue weighted by molar-refractivity contribution is 0.0990. The number of carbonyl (C=O) groups is 1. The first kappa shape index (κ1) is 12.1. The molecule has 0 bridgehead atoms. The van der Waals surface area contributed by atoms with Gasteiger partial charge in [0.2, 0.25) is 0 Å². The van der Waals surface area contributed by atoms with Gasteiger partial charge in [0.15, 0.2) is 5.78 Å². The van der Waals surface area contributed by atoms with Crippen LogP contribution in [0.1, 0.15) is 35.2 Å². The zero-order chi connectivity index (χ0) is 11.4. The second-order valence-electron chi connectivity index (χ2n) is 3.48. The number of benzene rings is 1. The summed E-state index contributed by atoms with van der Waals surface area (Å²) in [5.74, 6) is 1.43. The number of ketones is 1. The molecule has 15 heavy (non-hydrogen) atoms. The second-order valence-corrected chi connectivity index (χ2v) is 3.48. The molecule has 1 unspecified atom stereocenters. The number of methoxy groups -OCH3 is 1. The van der Waals surface area contributed by atoms with Gasteiger partial charge in [0.1, 0.15) is 5.75 Å². The molecule has 1 aromatic carbocycles. The number of hydrogen-bond donors (Lipinski definition) is 1. The van der Waals surface area contributed by atoms with E-state index < -0.39 is 0 Å². The monoisotopic (exact) mass is 224 g/mol. The molecule has 3 heteroatoms. The van der Waals surface area contributed by atoms with Crippen molar-refractivity contribution in [3.8, 4) is 5.75 Å². The molecule has 0 saturated heterocycles. The molecule has 0 amide bonds. The highest BCUT2D eigenvalue weighted by Crippen LogP contribution is 2.34. The molecule has 0 aliphatic heterocycles. The Labute approximate surface area is 96.1 Å². The van der Waals surface area contributed by atoms with E-state index in [4.69, 9.17) is 4.74 Å². The second kappa shape index (κ2) is 5.21. The Morgan fingerprint density at radius 3 is 2.67 bits per heavy atom. The van der Waals surface area contributed by atoms with Crippen LogP contribution >= 0.6 is 12.6 Å². The minimum atomic E-state index is 0.255. The van der Waals surface area contributed by atoms with Crippen molar-refractivity contribution in [2.24, 2.45) is 0 Å². The van der Waals surface area contributed by atoms with Gasteiger partial charge < -0.3 is 4.74 Å². The molecule has 1 atom stereocenters. The number of hydrogen-bond acceptors (Lipinski definition) is 3. The van der Waals surface area contributed by atoms with Crippen LogP contribution in [0.3, 0.4) is 0 Å². The van der Waals surface area contributed by atoms with Crippen molar-refractivity contribution < 1.29 is 9.53 Å². The standard InChI is InChI=1S/C11H12O2.CH4S/c1-7-5-11(12)9-4-3-8(13-2)6-10(7)9;1-2/h3-4,6-7H,5H2,1-2H3;2H,1H3. The van der Waals surface area contributed by atoms with Crippen LogP contribution in [0.25, 0.3) is 0 Å². The third kappa shape index (κ3) is 2.34. The maximum Gasteiger partial charge on any atom is 0.163 e. The molecule has 0 saturated carbocycles. The number of Topliss-reactive ketones (excluding diaryl/α,β-unsaturated/α-hetero) is 1. The Bertz CT molecular complexity index is 361. The van der Waals surface area contributed by atoms with Crippen molar-refractivity contribution >= 4 is 18.4 Å². The topological polar surface area (TPSA) is 26.3 Å². The van der Waals surface area contributed by atoms with Crippen LogP contribution in [0.2, 0.25) is 0 Å². The first-order valence-corrected chi connectivity index (χ1v) is 5.77. The summed E-state index contributed by atoms with van der Waals surface area (Å²) in [6.07, 6.45) is 2.34. The van der Waals surface area contributed by atoms with E-state index in [0.29, 0.717) is 12.3 Å². The van der Waals surface area contributed by atoms with Gasteiger partial charge >= 0.3 is 0 Å². The molecule has 1 aromatic rings. The van der Waals surface area contributed by atoms with Crippen molar-refractivity contribution in [1.29, 1.82) is 0 Å². The maximum absolute atomic E-state index is 11.4. The fraction of sp³-hybridized carbons (Fsp3) is 0.417. The Hall–Kier alpha value is -0.960. The number of fused-ring (bicyclic) bond motifs is 1. The molecule has 0 fully saturated rings. The highest BCUT2D eigenvalue weighted by molar-refractivity contribution is 7.79. The van der Waals surface area contributed by atoms with E-state index in [9.17, 15) is 4.79 Å². The third-order valence-corrected chi connectivity index (χ3v) is 2.58. The SMILES string of the molecule is COc1ccc2c(c1)C(C)CC2=O.CS.